The molecule has 2 aromatic rings. The first kappa shape index (κ1) is 17.5. The van der Waals surface area contributed by atoms with Gasteiger partial charge in [0.15, 0.2) is 5.82 Å². The van der Waals surface area contributed by atoms with Gasteiger partial charge < -0.3 is 14.6 Å². The number of hydrogen-bond acceptors (Lipinski definition) is 5. The zero-order chi connectivity index (χ0) is 18.1. The Morgan fingerprint density at radius 3 is 2.48 bits per heavy atom. The van der Waals surface area contributed by atoms with Gasteiger partial charge in [-0.3, -0.25) is 4.79 Å². The largest absolute Gasteiger partial charge is 0.381 e. The fraction of sp³-hybridized carbons (Fsp3) is 0.500. The normalized spacial score (nSPS) is 17.3. The van der Waals surface area contributed by atoms with Crippen molar-refractivity contribution in [3.05, 3.63) is 47.4 Å². The van der Waals surface area contributed by atoms with E-state index >= 15 is 0 Å². The molecule has 7 heteroatoms. The Hall–Kier alpha value is -2.28. The van der Waals surface area contributed by atoms with Gasteiger partial charge in [-0.15, -0.1) is 0 Å². The quantitative estimate of drug-likeness (QED) is 0.920. The van der Waals surface area contributed by atoms with Crippen LogP contribution in [-0.4, -0.2) is 29.3 Å². The molecule has 0 aliphatic carbocycles. The summed E-state index contributed by atoms with van der Waals surface area (Å²) in [4.78, 5) is 16.0. The standard InChI is InChI=1S/C18H22FN3O3/c1-12(23)21-17(2,3)15-20-16(25-22-15)18(8-10-24-11-9-18)13-4-6-14(19)7-5-13/h4-7H,8-11H2,1-3H3,(H,21,23). The minimum absolute atomic E-state index is 0.171. The smallest absolute Gasteiger partial charge is 0.237 e. The summed E-state index contributed by atoms with van der Waals surface area (Å²) >= 11 is 0. The van der Waals surface area contributed by atoms with Crippen LogP contribution in [-0.2, 0) is 20.5 Å². The molecule has 0 atom stereocenters. The maximum Gasteiger partial charge on any atom is 0.237 e. The maximum atomic E-state index is 13.3. The Morgan fingerprint density at radius 1 is 1.24 bits per heavy atom. The van der Waals surface area contributed by atoms with Gasteiger partial charge in [0.25, 0.3) is 0 Å². The predicted octanol–water partition coefficient (Wildman–Crippen LogP) is 2.68. The van der Waals surface area contributed by atoms with Crippen molar-refractivity contribution in [3.8, 4) is 0 Å². The van der Waals surface area contributed by atoms with Crippen molar-refractivity contribution in [1.29, 1.82) is 0 Å². The number of aromatic nitrogens is 2. The molecule has 0 saturated carbocycles. The highest BCUT2D eigenvalue weighted by molar-refractivity contribution is 5.73. The van der Waals surface area contributed by atoms with Gasteiger partial charge in [-0.25, -0.2) is 4.39 Å². The van der Waals surface area contributed by atoms with Crippen LogP contribution in [0.4, 0.5) is 4.39 Å². The third-order valence-corrected chi connectivity index (χ3v) is 4.63. The first-order valence-corrected chi connectivity index (χ1v) is 8.31. The molecule has 1 fully saturated rings. The maximum absolute atomic E-state index is 13.3. The van der Waals surface area contributed by atoms with E-state index in [-0.39, 0.29) is 11.7 Å². The van der Waals surface area contributed by atoms with Gasteiger partial charge in [0.2, 0.25) is 11.8 Å². The number of ether oxygens (including phenoxy) is 1. The molecule has 1 aliphatic rings. The fourth-order valence-electron chi connectivity index (χ4n) is 3.28. The Kier molecular flexibility index (Phi) is 4.60. The molecule has 25 heavy (non-hydrogen) atoms. The van der Waals surface area contributed by atoms with Gasteiger partial charge in [0, 0.05) is 20.1 Å². The number of nitrogens with zero attached hydrogens (tertiary/aromatic N) is 2. The summed E-state index contributed by atoms with van der Waals surface area (Å²) in [5, 5.41) is 6.90. The minimum Gasteiger partial charge on any atom is -0.381 e. The van der Waals surface area contributed by atoms with Crippen molar-refractivity contribution >= 4 is 5.91 Å². The van der Waals surface area contributed by atoms with Crippen LogP contribution in [0.5, 0.6) is 0 Å². The van der Waals surface area contributed by atoms with Gasteiger partial charge in [-0.2, -0.15) is 4.98 Å². The summed E-state index contributed by atoms with van der Waals surface area (Å²) in [6.45, 7) is 6.20. The molecule has 1 aromatic carbocycles. The zero-order valence-electron chi connectivity index (χ0n) is 14.6. The lowest BCUT2D eigenvalue weighted by atomic mass is 9.74. The van der Waals surface area contributed by atoms with Crippen LogP contribution in [0, 0.1) is 5.82 Å². The summed E-state index contributed by atoms with van der Waals surface area (Å²) < 4.78 is 24.4. The van der Waals surface area contributed by atoms with E-state index in [1.165, 1.54) is 19.1 Å². The van der Waals surface area contributed by atoms with E-state index in [0.717, 1.165) is 5.56 Å². The van der Waals surface area contributed by atoms with Gasteiger partial charge in [-0.1, -0.05) is 17.3 Å². The van der Waals surface area contributed by atoms with E-state index < -0.39 is 11.0 Å². The highest BCUT2D eigenvalue weighted by atomic mass is 19.1. The highest BCUT2D eigenvalue weighted by Gasteiger charge is 2.42. The second-order valence-corrected chi connectivity index (χ2v) is 6.93. The van der Waals surface area contributed by atoms with Gasteiger partial charge in [0.1, 0.15) is 5.82 Å². The Balaban J connectivity index is 2.01. The van der Waals surface area contributed by atoms with Crippen LogP contribution in [0.25, 0.3) is 0 Å². The van der Waals surface area contributed by atoms with Crippen LogP contribution in [0.3, 0.4) is 0 Å². The Bertz CT molecular complexity index is 749. The van der Waals surface area contributed by atoms with Gasteiger partial charge in [-0.05, 0) is 44.4 Å². The number of nitrogens with one attached hydrogen (secondary N) is 1. The summed E-state index contributed by atoms with van der Waals surface area (Å²) in [5.74, 6) is 0.418. The number of benzene rings is 1. The molecule has 1 N–H and O–H groups in total. The topological polar surface area (TPSA) is 77.2 Å². The molecule has 0 unspecified atom stereocenters. The molecule has 0 radical (unpaired) electrons. The molecule has 1 aliphatic heterocycles. The molecular weight excluding hydrogens is 325 g/mol. The minimum atomic E-state index is -0.747. The average Bonchev–Trinajstić information content (AvgIpc) is 3.06. The first-order chi connectivity index (χ1) is 11.8. The lowest BCUT2D eigenvalue weighted by Crippen LogP contribution is -2.41. The van der Waals surface area contributed by atoms with E-state index in [1.807, 2.05) is 13.8 Å². The average molecular weight is 347 g/mol. The molecule has 0 spiro atoms. The van der Waals surface area contributed by atoms with Crippen molar-refractivity contribution in [2.24, 2.45) is 0 Å². The highest BCUT2D eigenvalue weighted by Crippen LogP contribution is 2.40. The monoisotopic (exact) mass is 347 g/mol. The van der Waals surface area contributed by atoms with Crippen LogP contribution >= 0.6 is 0 Å². The van der Waals surface area contributed by atoms with Gasteiger partial charge in [0.05, 0.1) is 11.0 Å². The second-order valence-electron chi connectivity index (χ2n) is 6.93. The Labute approximate surface area is 145 Å². The molecule has 2 heterocycles. The summed E-state index contributed by atoms with van der Waals surface area (Å²) in [5.41, 5.74) is -0.337. The molecule has 1 aromatic heterocycles. The van der Waals surface area contributed by atoms with E-state index in [4.69, 9.17) is 9.26 Å². The van der Waals surface area contributed by atoms with E-state index in [9.17, 15) is 9.18 Å². The van der Waals surface area contributed by atoms with E-state index in [0.29, 0.717) is 37.8 Å². The SMILES string of the molecule is CC(=O)NC(C)(C)c1noc(C2(c3ccc(F)cc3)CCOCC2)n1. The lowest BCUT2D eigenvalue weighted by molar-refractivity contribution is -0.120. The molecule has 3 rings (SSSR count). The summed E-state index contributed by atoms with van der Waals surface area (Å²) in [6, 6.07) is 6.38. The van der Waals surface area contributed by atoms with Crippen LogP contribution in [0.1, 0.15) is 50.9 Å². The fourth-order valence-corrected chi connectivity index (χ4v) is 3.28. The van der Waals surface area contributed by atoms with Crippen LogP contribution < -0.4 is 5.32 Å². The third kappa shape index (κ3) is 3.42. The molecular formula is C18H22FN3O3. The van der Waals surface area contributed by atoms with E-state index in [2.05, 4.69) is 15.5 Å². The van der Waals surface area contributed by atoms with E-state index in [1.54, 1.807) is 12.1 Å². The lowest BCUT2D eigenvalue weighted by Gasteiger charge is -2.34. The molecule has 1 saturated heterocycles. The van der Waals surface area contributed by atoms with Gasteiger partial charge >= 0.3 is 0 Å². The van der Waals surface area contributed by atoms with Crippen molar-refractivity contribution < 1.29 is 18.4 Å². The predicted molar refractivity (Wildman–Crippen MR) is 88.4 cm³/mol. The number of hydrogen-bond donors (Lipinski definition) is 1. The van der Waals surface area contributed by atoms with Crippen molar-refractivity contribution in [2.45, 2.75) is 44.6 Å². The van der Waals surface area contributed by atoms with Crippen molar-refractivity contribution in [1.82, 2.24) is 15.5 Å². The van der Waals surface area contributed by atoms with Crippen molar-refractivity contribution in [2.75, 3.05) is 13.2 Å². The first-order valence-electron chi connectivity index (χ1n) is 8.31. The summed E-state index contributed by atoms with van der Waals surface area (Å²) in [7, 11) is 0. The number of amides is 1. The van der Waals surface area contributed by atoms with Crippen molar-refractivity contribution in [3.63, 3.8) is 0 Å². The molecule has 0 bridgehead atoms. The zero-order valence-corrected chi connectivity index (χ0v) is 14.6. The molecule has 6 nitrogen and oxygen atoms in total. The number of carbonyl (C=O) groups is 1. The molecule has 1 amide bonds. The second kappa shape index (κ2) is 6.55. The summed E-state index contributed by atoms with van der Waals surface area (Å²) in [6.07, 6.45) is 1.33. The number of rotatable bonds is 4. The van der Waals surface area contributed by atoms with Crippen LogP contribution in [0.15, 0.2) is 28.8 Å². The third-order valence-electron chi connectivity index (χ3n) is 4.63. The number of halogens is 1. The van der Waals surface area contributed by atoms with Crippen LogP contribution in [0.2, 0.25) is 0 Å². The Morgan fingerprint density at radius 2 is 1.88 bits per heavy atom. The number of carbonyl (C=O) groups excluding carboxylic acids is 1. The molecule has 134 valence electrons.